The number of rotatable bonds is 2. The summed E-state index contributed by atoms with van der Waals surface area (Å²) in [5, 5.41) is 3.48. The van der Waals surface area contributed by atoms with Crippen molar-refractivity contribution in [3.8, 4) is 0 Å². The first kappa shape index (κ1) is 17.4. The van der Waals surface area contributed by atoms with Gasteiger partial charge >= 0.3 is 0 Å². The summed E-state index contributed by atoms with van der Waals surface area (Å²) in [6, 6.07) is 0. The van der Waals surface area contributed by atoms with Gasteiger partial charge in [-0.3, -0.25) is 4.99 Å². The minimum absolute atomic E-state index is 0. The normalized spacial score (nSPS) is 23.1. The van der Waals surface area contributed by atoms with Gasteiger partial charge in [0.15, 0.2) is 5.96 Å². The van der Waals surface area contributed by atoms with E-state index in [1.807, 2.05) is 7.05 Å². The molecule has 0 radical (unpaired) electrons. The summed E-state index contributed by atoms with van der Waals surface area (Å²) in [5.74, 6) is 2.37. The fraction of sp³-hybridized carbons (Fsp3) is 0.929. The summed E-state index contributed by atoms with van der Waals surface area (Å²) >= 11 is 2.22. The molecule has 1 aliphatic heterocycles. The van der Waals surface area contributed by atoms with E-state index in [4.69, 9.17) is 0 Å². The van der Waals surface area contributed by atoms with E-state index >= 15 is 0 Å². The lowest BCUT2D eigenvalue weighted by atomic mass is 9.87. The quantitative estimate of drug-likeness (QED) is 0.440. The smallest absolute Gasteiger partial charge is 0.193 e. The van der Waals surface area contributed by atoms with Crippen molar-refractivity contribution in [1.82, 2.24) is 10.2 Å². The van der Waals surface area contributed by atoms with Crippen LogP contribution in [0.15, 0.2) is 4.99 Å². The molecule has 0 unspecified atom stereocenters. The van der Waals surface area contributed by atoms with Gasteiger partial charge in [0.2, 0.25) is 0 Å². The Morgan fingerprint density at radius 3 is 2.68 bits per heavy atom. The number of aliphatic imine (C=N–C) groups is 1. The predicted octanol–water partition coefficient (Wildman–Crippen LogP) is 3.34. The molecular formula is C14H28IN3S. The molecule has 0 aromatic heterocycles. The van der Waals surface area contributed by atoms with Crippen molar-refractivity contribution >= 4 is 41.7 Å². The first-order chi connectivity index (χ1) is 8.79. The fourth-order valence-corrected chi connectivity index (χ4v) is 4.66. The molecule has 2 fully saturated rings. The minimum atomic E-state index is 0. The minimum Gasteiger partial charge on any atom is -0.356 e. The number of nitrogens with zero attached hydrogens (tertiary/aromatic N) is 2. The van der Waals surface area contributed by atoms with Crippen molar-refractivity contribution in [2.24, 2.45) is 4.99 Å². The molecule has 2 rings (SSSR count). The zero-order chi connectivity index (χ0) is 12.8. The van der Waals surface area contributed by atoms with Crippen LogP contribution in [-0.2, 0) is 0 Å². The molecule has 0 amide bonds. The maximum atomic E-state index is 4.45. The summed E-state index contributed by atoms with van der Waals surface area (Å²) in [5.41, 5.74) is 0. The number of guanidine groups is 1. The van der Waals surface area contributed by atoms with Crippen molar-refractivity contribution in [3.05, 3.63) is 0 Å². The highest BCUT2D eigenvalue weighted by Gasteiger charge is 2.37. The molecule has 1 saturated carbocycles. The standard InChI is InChI=1S/C14H27N3S.HI/c1-3-9-16-13(15-2)17-10-11-18-14(12-17)7-5-4-6-8-14;/h3-12H2,1-2H3,(H,15,16);1H. The number of hydrogen-bond donors (Lipinski definition) is 1. The van der Waals surface area contributed by atoms with Gasteiger partial charge in [-0.25, -0.2) is 0 Å². The molecule has 1 heterocycles. The Labute approximate surface area is 139 Å². The van der Waals surface area contributed by atoms with Gasteiger partial charge in [-0.05, 0) is 19.3 Å². The number of halogens is 1. The fourth-order valence-electron chi connectivity index (χ4n) is 3.09. The lowest BCUT2D eigenvalue weighted by Crippen LogP contribution is -2.53. The van der Waals surface area contributed by atoms with Crippen LogP contribution >= 0.6 is 35.7 Å². The zero-order valence-corrected chi connectivity index (χ0v) is 15.4. The second-order valence-corrected chi connectivity index (χ2v) is 7.05. The Morgan fingerprint density at radius 2 is 2.05 bits per heavy atom. The molecule has 1 saturated heterocycles. The van der Waals surface area contributed by atoms with Crippen LogP contribution in [0, 0.1) is 0 Å². The third-order valence-electron chi connectivity index (χ3n) is 4.06. The molecule has 1 aliphatic carbocycles. The van der Waals surface area contributed by atoms with E-state index in [-0.39, 0.29) is 24.0 Å². The maximum absolute atomic E-state index is 4.45. The molecule has 0 aromatic carbocycles. The molecule has 5 heteroatoms. The Morgan fingerprint density at radius 1 is 1.32 bits per heavy atom. The molecule has 19 heavy (non-hydrogen) atoms. The average molecular weight is 397 g/mol. The molecule has 0 bridgehead atoms. The molecule has 3 nitrogen and oxygen atoms in total. The van der Waals surface area contributed by atoms with Gasteiger partial charge in [0.05, 0.1) is 0 Å². The van der Waals surface area contributed by atoms with Gasteiger partial charge in [-0.1, -0.05) is 26.2 Å². The van der Waals surface area contributed by atoms with Crippen molar-refractivity contribution in [2.75, 3.05) is 32.4 Å². The van der Waals surface area contributed by atoms with Crippen molar-refractivity contribution in [1.29, 1.82) is 0 Å². The van der Waals surface area contributed by atoms with E-state index < -0.39 is 0 Å². The van der Waals surface area contributed by atoms with Crippen LogP contribution in [0.4, 0.5) is 0 Å². The van der Waals surface area contributed by atoms with Crippen LogP contribution in [0.25, 0.3) is 0 Å². The van der Waals surface area contributed by atoms with Gasteiger partial charge < -0.3 is 10.2 Å². The lowest BCUT2D eigenvalue weighted by molar-refractivity contribution is 0.293. The number of thioether (sulfide) groups is 1. The van der Waals surface area contributed by atoms with Crippen LogP contribution in [0.5, 0.6) is 0 Å². The highest BCUT2D eigenvalue weighted by atomic mass is 127. The Kier molecular flexibility index (Phi) is 7.87. The molecule has 1 N–H and O–H groups in total. The van der Waals surface area contributed by atoms with Gasteiger partial charge in [0.25, 0.3) is 0 Å². The van der Waals surface area contributed by atoms with E-state index in [1.54, 1.807) is 0 Å². The van der Waals surface area contributed by atoms with Gasteiger partial charge in [0, 0.05) is 37.2 Å². The first-order valence-electron chi connectivity index (χ1n) is 7.39. The van der Waals surface area contributed by atoms with Gasteiger partial charge in [-0.2, -0.15) is 11.8 Å². The van der Waals surface area contributed by atoms with Crippen LogP contribution in [0.3, 0.4) is 0 Å². The lowest BCUT2D eigenvalue weighted by Gasteiger charge is -2.45. The second kappa shape index (κ2) is 8.60. The van der Waals surface area contributed by atoms with Crippen LogP contribution in [0.1, 0.15) is 45.4 Å². The van der Waals surface area contributed by atoms with Crippen LogP contribution < -0.4 is 5.32 Å². The van der Waals surface area contributed by atoms with Crippen LogP contribution in [0.2, 0.25) is 0 Å². The van der Waals surface area contributed by atoms with Crippen molar-refractivity contribution in [3.63, 3.8) is 0 Å². The SMILES string of the molecule is CCCNC(=NC)N1CCSC2(CCCCC2)C1.I. The van der Waals surface area contributed by atoms with E-state index in [0.29, 0.717) is 4.75 Å². The van der Waals surface area contributed by atoms with E-state index in [0.717, 1.165) is 25.5 Å². The van der Waals surface area contributed by atoms with Crippen molar-refractivity contribution in [2.45, 2.75) is 50.2 Å². The first-order valence-corrected chi connectivity index (χ1v) is 8.38. The zero-order valence-electron chi connectivity index (χ0n) is 12.3. The summed E-state index contributed by atoms with van der Waals surface area (Å²) in [7, 11) is 1.91. The van der Waals surface area contributed by atoms with Gasteiger partial charge in [-0.15, -0.1) is 24.0 Å². The van der Waals surface area contributed by atoms with Gasteiger partial charge in [0.1, 0.15) is 0 Å². The van der Waals surface area contributed by atoms with Crippen molar-refractivity contribution < 1.29 is 0 Å². The summed E-state index contributed by atoms with van der Waals surface area (Å²) in [6.45, 7) is 5.58. The topological polar surface area (TPSA) is 27.6 Å². The number of hydrogen-bond acceptors (Lipinski definition) is 2. The highest BCUT2D eigenvalue weighted by molar-refractivity contribution is 14.0. The third-order valence-corrected chi connectivity index (χ3v) is 5.59. The summed E-state index contributed by atoms with van der Waals surface area (Å²) in [6.07, 6.45) is 8.24. The second-order valence-electron chi connectivity index (χ2n) is 5.49. The third kappa shape index (κ3) is 4.69. The predicted molar refractivity (Wildman–Crippen MR) is 96.9 cm³/mol. The Bertz CT molecular complexity index is 285. The maximum Gasteiger partial charge on any atom is 0.193 e. The summed E-state index contributed by atoms with van der Waals surface area (Å²) < 4.78 is 0.528. The molecule has 2 aliphatic rings. The number of nitrogens with one attached hydrogen (secondary N) is 1. The highest BCUT2D eigenvalue weighted by Crippen LogP contribution is 2.42. The Balaban J connectivity index is 0.00000180. The average Bonchev–Trinajstić information content (AvgIpc) is 2.41. The van der Waals surface area contributed by atoms with E-state index in [9.17, 15) is 0 Å². The monoisotopic (exact) mass is 397 g/mol. The Hall–Kier alpha value is 0.350. The van der Waals surface area contributed by atoms with Crippen LogP contribution in [-0.4, -0.2) is 48.0 Å². The molecule has 0 atom stereocenters. The molecule has 1 spiro atoms. The molecule has 0 aromatic rings. The largest absolute Gasteiger partial charge is 0.356 e. The molecular weight excluding hydrogens is 369 g/mol. The summed E-state index contributed by atoms with van der Waals surface area (Å²) in [4.78, 5) is 6.93. The molecule has 112 valence electrons. The van der Waals surface area contributed by atoms with E-state index in [2.05, 4.69) is 33.9 Å². The van der Waals surface area contributed by atoms with E-state index in [1.165, 1.54) is 44.4 Å².